The number of rotatable bonds is 5. The maximum atomic E-state index is 5.64. The Morgan fingerprint density at radius 1 is 1.11 bits per heavy atom. The summed E-state index contributed by atoms with van der Waals surface area (Å²) >= 11 is 8.67. The van der Waals surface area contributed by atoms with Crippen molar-refractivity contribution in [2.45, 2.75) is 18.9 Å². The highest BCUT2D eigenvalue weighted by atomic mass is 79.9. The quantitative estimate of drug-likeness (QED) is 0.601. The number of hydrogen-bond donors (Lipinski definition) is 2. The fourth-order valence-electron chi connectivity index (χ4n) is 1.80. The number of nitrogens with one attached hydrogen (secondary N) is 1. The maximum Gasteiger partial charge on any atom is 0.0299 e. The van der Waals surface area contributed by atoms with Crippen molar-refractivity contribution in [3.8, 4) is 0 Å². The maximum absolute atomic E-state index is 5.64. The molecule has 0 aliphatic rings. The molecular formula is C13H14Br2N2S. The first-order chi connectivity index (χ1) is 8.67. The Morgan fingerprint density at radius 2 is 1.83 bits per heavy atom. The van der Waals surface area contributed by atoms with Gasteiger partial charge in [-0.15, -0.1) is 11.3 Å². The molecule has 1 aromatic carbocycles. The summed E-state index contributed by atoms with van der Waals surface area (Å²) in [7, 11) is 0. The smallest absolute Gasteiger partial charge is 0.0299 e. The molecule has 1 heterocycles. The molecule has 0 aliphatic heterocycles. The molecule has 2 rings (SSSR count). The van der Waals surface area contributed by atoms with Gasteiger partial charge in [-0.05, 0) is 52.5 Å². The van der Waals surface area contributed by atoms with E-state index >= 15 is 0 Å². The molecule has 0 saturated carbocycles. The average Bonchev–Trinajstić information content (AvgIpc) is 2.77. The molecule has 2 aromatic rings. The zero-order valence-corrected chi connectivity index (χ0v) is 13.7. The number of benzene rings is 1. The zero-order valence-electron chi connectivity index (χ0n) is 9.70. The molecule has 0 amide bonds. The van der Waals surface area contributed by atoms with Crippen molar-refractivity contribution in [3.05, 3.63) is 55.1 Å². The minimum absolute atomic E-state index is 0.261. The van der Waals surface area contributed by atoms with Gasteiger partial charge in [0.1, 0.15) is 0 Å². The lowest BCUT2D eigenvalue weighted by Gasteiger charge is -2.15. The second kappa shape index (κ2) is 6.82. The van der Waals surface area contributed by atoms with Crippen LogP contribution >= 0.6 is 43.2 Å². The number of hydrazine groups is 1. The van der Waals surface area contributed by atoms with Crippen molar-refractivity contribution in [1.29, 1.82) is 0 Å². The van der Waals surface area contributed by atoms with E-state index in [9.17, 15) is 0 Å². The van der Waals surface area contributed by atoms with Gasteiger partial charge in [-0.1, -0.05) is 28.1 Å². The van der Waals surface area contributed by atoms with E-state index in [1.54, 1.807) is 11.3 Å². The number of halogens is 2. The van der Waals surface area contributed by atoms with E-state index in [1.165, 1.54) is 10.4 Å². The highest BCUT2D eigenvalue weighted by molar-refractivity contribution is 9.10. The summed E-state index contributed by atoms with van der Waals surface area (Å²) in [5.74, 6) is 5.64. The molecule has 0 radical (unpaired) electrons. The van der Waals surface area contributed by atoms with Gasteiger partial charge in [-0.2, -0.15) is 0 Å². The van der Waals surface area contributed by atoms with Gasteiger partial charge in [0.05, 0.1) is 0 Å². The lowest BCUT2D eigenvalue weighted by Crippen LogP contribution is -2.38. The van der Waals surface area contributed by atoms with Gasteiger partial charge in [0, 0.05) is 25.2 Å². The minimum atomic E-state index is 0.261. The molecule has 1 unspecified atom stereocenters. The fourth-order valence-corrected chi connectivity index (χ4v) is 3.60. The third-order valence-electron chi connectivity index (χ3n) is 2.70. The molecule has 18 heavy (non-hydrogen) atoms. The molecule has 0 bridgehead atoms. The molecule has 2 nitrogen and oxygen atoms in total. The summed E-state index contributed by atoms with van der Waals surface area (Å²) in [6.45, 7) is 0. The summed E-state index contributed by atoms with van der Waals surface area (Å²) in [5, 5.41) is 2.10. The van der Waals surface area contributed by atoms with Crippen molar-refractivity contribution in [3.63, 3.8) is 0 Å². The Labute approximate surface area is 128 Å². The van der Waals surface area contributed by atoms with Crippen LogP contribution in [0.2, 0.25) is 0 Å². The number of hydrogen-bond acceptors (Lipinski definition) is 3. The first-order valence-electron chi connectivity index (χ1n) is 5.61. The second-order valence-corrected chi connectivity index (χ2v) is 6.96. The second-order valence-electron chi connectivity index (χ2n) is 4.13. The lowest BCUT2D eigenvalue weighted by atomic mass is 10.0. The number of thiophene rings is 1. The van der Waals surface area contributed by atoms with Crippen LogP contribution in [0.15, 0.2) is 44.7 Å². The Morgan fingerprint density at radius 3 is 2.39 bits per heavy atom. The van der Waals surface area contributed by atoms with Gasteiger partial charge < -0.3 is 0 Å². The van der Waals surface area contributed by atoms with E-state index in [0.717, 1.165) is 21.8 Å². The van der Waals surface area contributed by atoms with Crippen LogP contribution in [0.1, 0.15) is 10.4 Å². The Hall–Kier alpha value is -0.200. The van der Waals surface area contributed by atoms with Crippen LogP contribution in [-0.4, -0.2) is 6.04 Å². The van der Waals surface area contributed by atoms with E-state index in [2.05, 4.69) is 73.0 Å². The highest BCUT2D eigenvalue weighted by Crippen LogP contribution is 2.22. The van der Waals surface area contributed by atoms with E-state index < -0.39 is 0 Å². The summed E-state index contributed by atoms with van der Waals surface area (Å²) < 4.78 is 2.24. The van der Waals surface area contributed by atoms with Crippen LogP contribution in [0.4, 0.5) is 0 Å². The Bertz CT molecular complexity index is 496. The molecule has 1 atom stereocenters. The Balaban J connectivity index is 1.99. The van der Waals surface area contributed by atoms with Crippen LogP contribution in [0.25, 0.3) is 0 Å². The minimum Gasteiger partial charge on any atom is -0.271 e. The summed E-state index contributed by atoms with van der Waals surface area (Å²) in [6.07, 6.45) is 1.88. The zero-order chi connectivity index (χ0) is 13.0. The first-order valence-corrected chi connectivity index (χ1v) is 8.07. The van der Waals surface area contributed by atoms with Gasteiger partial charge in [-0.3, -0.25) is 11.3 Å². The van der Waals surface area contributed by atoms with Crippen molar-refractivity contribution < 1.29 is 0 Å². The van der Waals surface area contributed by atoms with Crippen LogP contribution in [0.5, 0.6) is 0 Å². The largest absolute Gasteiger partial charge is 0.271 e. The number of nitrogens with two attached hydrogens (primary N) is 1. The molecule has 0 aliphatic carbocycles. The topological polar surface area (TPSA) is 38.0 Å². The summed E-state index contributed by atoms with van der Waals surface area (Å²) in [6, 6.07) is 10.8. The molecule has 5 heteroatoms. The normalized spacial score (nSPS) is 12.6. The SMILES string of the molecule is NNC(Cc1ccc(Br)cc1)Cc1cc(Br)cs1. The molecule has 0 spiro atoms. The fraction of sp³-hybridized carbons (Fsp3) is 0.231. The highest BCUT2D eigenvalue weighted by Gasteiger charge is 2.10. The molecular weight excluding hydrogens is 376 g/mol. The van der Waals surface area contributed by atoms with Gasteiger partial charge in [0.15, 0.2) is 0 Å². The third-order valence-corrected chi connectivity index (χ3v) is 4.95. The van der Waals surface area contributed by atoms with Gasteiger partial charge >= 0.3 is 0 Å². The molecule has 96 valence electrons. The van der Waals surface area contributed by atoms with Crippen LogP contribution in [-0.2, 0) is 12.8 Å². The third kappa shape index (κ3) is 4.17. The standard InChI is InChI=1S/C13H14Br2N2S/c14-10-3-1-9(2-4-10)5-12(17-16)7-13-6-11(15)8-18-13/h1-4,6,8,12,17H,5,7,16H2. The predicted molar refractivity (Wildman–Crippen MR) is 84.7 cm³/mol. The molecule has 3 N–H and O–H groups in total. The molecule has 1 aromatic heterocycles. The van der Waals surface area contributed by atoms with Crippen molar-refractivity contribution in [1.82, 2.24) is 5.43 Å². The van der Waals surface area contributed by atoms with Gasteiger partial charge in [0.25, 0.3) is 0 Å². The van der Waals surface area contributed by atoms with Crippen molar-refractivity contribution >= 4 is 43.2 Å². The van der Waals surface area contributed by atoms with Crippen LogP contribution in [0.3, 0.4) is 0 Å². The Kier molecular flexibility index (Phi) is 5.38. The monoisotopic (exact) mass is 388 g/mol. The lowest BCUT2D eigenvalue weighted by molar-refractivity contribution is 0.525. The van der Waals surface area contributed by atoms with Gasteiger partial charge in [-0.25, -0.2) is 0 Å². The van der Waals surface area contributed by atoms with Crippen molar-refractivity contribution in [2.24, 2.45) is 5.84 Å². The molecule has 0 saturated heterocycles. The van der Waals surface area contributed by atoms with Gasteiger partial charge in [0.2, 0.25) is 0 Å². The van der Waals surface area contributed by atoms with E-state index in [-0.39, 0.29) is 6.04 Å². The summed E-state index contributed by atoms with van der Waals surface area (Å²) in [5.41, 5.74) is 4.19. The van der Waals surface area contributed by atoms with Crippen LogP contribution < -0.4 is 11.3 Å². The van der Waals surface area contributed by atoms with E-state index in [1.807, 2.05) is 0 Å². The molecule has 0 fully saturated rings. The van der Waals surface area contributed by atoms with Crippen molar-refractivity contribution in [2.75, 3.05) is 0 Å². The predicted octanol–water partition coefficient (Wildman–Crippen LogP) is 3.89. The van der Waals surface area contributed by atoms with E-state index in [4.69, 9.17) is 5.84 Å². The average molecular weight is 390 g/mol. The first kappa shape index (κ1) is 14.2. The van der Waals surface area contributed by atoms with E-state index in [0.29, 0.717) is 0 Å². The van der Waals surface area contributed by atoms with Crippen LogP contribution in [0, 0.1) is 0 Å². The summed E-state index contributed by atoms with van der Waals surface area (Å²) in [4.78, 5) is 1.34.